The Balaban J connectivity index is 2.16. The normalized spacial score (nSPS) is 10.2. The number of hydrogen-bond donors (Lipinski definition) is 0. The Bertz CT molecular complexity index is 1110. The van der Waals surface area contributed by atoms with Crippen molar-refractivity contribution >= 4 is 22.6 Å². The third kappa shape index (κ3) is 3.12. The van der Waals surface area contributed by atoms with Crippen molar-refractivity contribution in [2.24, 2.45) is 0 Å². The van der Waals surface area contributed by atoms with Gasteiger partial charge in [-0.05, 0) is 48.7 Å². The summed E-state index contributed by atoms with van der Waals surface area (Å²) in [6.07, 6.45) is 2.64. The van der Waals surface area contributed by atoms with Crippen molar-refractivity contribution in [2.75, 3.05) is 0 Å². The first-order valence-corrected chi connectivity index (χ1v) is 8.03. The van der Waals surface area contributed by atoms with Gasteiger partial charge in [0.15, 0.2) is 5.58 Å². The predicted octanol–water partition coefficient (Wildman–Crippen LogP) is 4.89. The molecule has 0 radical (unpaired) electrons. The van der Waals surface area contributed by atoms with E-state index in [0.717, 1.165) is 17.5 Å². The fourth-order valence-electron chi connectivity index (χ4n) is 2.66. The molecule has 4 nitrogen and oxygen atoms in total. The fraction of sp³-hybridized carbons (Fsp3) is 0.0909. The Kier molecular flexibility index (Phi) is 4.66. The highest BCUT2D eigenvalue weighted by molar-refractivity contribution is 5.96. The summed E-state index contributed by atoms with van der Waals surface area (Å²) in [5, 5.41) is 9.27. The highest BCUT2D eigenvalue weighted by Crippen LogP contribution is 2.32. The predicted molar refractivity (Wildman–Crippen MR) is 102 cm³/mol. The van der Waals surface area contributed by atoms with Gasteiger partial charge in [0.2, 0.25) is 5.89 Å². The molecule has 0 spiro atoms. The molecule has 0 aliphatic carbocycles. The average Bonchev–Trinajstić information content (AvgIpc) is 3.10. The molecule has 0 saturated heterocycles. The van der Waals surface area contributed by atoms with Crippen LogP contribution in [0.4, 0.5) is 0 Å². The van der Waals surface area contributed by atoms with Gasteiger partial charge in [0.1, 0.15) is 11.5 Å². The molecule has 1 aromatic heterocycles. The third-order valence-corrected chi connectivity index (χ3v) is 4.13. The van der Waals surface area contributed by atoms with Crippen molar-refractivity contribution in [3.05, 3.63) is 77.9 Å². The van der Waals surface area contributed by atoms with Gasteiger partial charge in [-0.3, -0.25) is 0 Å². The monoisotopic (exact) mass is 340 g/mol. The lowest BCUT2D eigenvalue weighted by Gasteiger charge is -2.04. The molecule has 3 aromatic rings. The first-order valence-electron chi connectivity index (χ1n) is 8.03. The van der Waals surface area contributed by atoms with E-state index >= 15 is 0 Å². The van der Waals surface area contributed by atoms with Crippen LogP contribution in [0.5, 0.6) is 0 Å². The van der Waals surface area contributed by atoms with Crippen molar-refractivity contribution in [3.8, 4) is 17.5 Å². The van der Waals surface area contributed by atoms with Crippen LogP contribution in [0, 0.1) is 11.3 Å². The summed E-state index contributed by atoms with van der Waals surface area (Å²) < 4.78 is 5.96. The van der Waals surface area contributed by atoms with Crippen LogP contribution in [-0.2, 0) is 11.2 Å². The lowest BCUT2D eigenvalue weighted by atomic mass is 9.99. The molecule has 0 N–H and O–H groups in total. The lowest BCUT2D eigenvalue weighted by Crippen LogP contribution is -1.89. The van der Waals surface area contributed by atoms with E-state index in [1.807, 2.05) is 36.3 Å². The number of allylic oxidation sites excluding steroid dienone is 3. The number of rotatable bonds is 5. The molecule has 0 amide bonds. The van der Waals surface area contributed by atoms with Crippen molar-refractivity contribution in [3.63, 3.8) is 0 Å². The topological polar surface area (TPSA) is 66.9 Å². The largest absolute Gasteiger partial charge is 0.435 e. The molecule has 0 unspecified atom stereocenters. The number of carbonyl (C=O) groups excluding carboxylic acids is 1. The summed E-state index contributed by atoms with van der Waals surface area (Å²) in [6, 6.07) is 13.3. The summed E-state index contributed by atoms with van der Waals surface area (Å²) in [6.45, 7) is 9.28. The van der Waals surface area contributed by atoms with E-state index < -0.39 is 0 Å². The van der Waals surface area contributed by atoms with Gasteiger partial charge in [-0.25, -0.2) is 9.78 Å². The van der Waals surface area contributed by atoms with Gasteiger partial charge in [-0.15, -0.1) is 6.58 Å². The maximum atomic E-state index is 11.0. The van der Waals surface area contributed by atoms with Crippen LogP contribution < -0.4 is 0 Å². The number of aromatic nitrogens is 1. The SMILES string of the molecule is C=CCc1ccc(-c2nc3cc(C#N)cc(C(=C)C(C)=C=O)c3o2)cc1. The standard InChI is InChI=1S/C22H16N2O2/c1-4-5-16-6-8-18(9-7-16)22-24-20-11-17(12-23)10-19(21(20)26-22)15(3)14(2)13-25/h4,6-11H,1,3,5H2,2H3. The van der Waals surface area contributed by atoms with E-state index in [9.17, 15) is 10.1 Å². The third-order valence-electron chi connectivity index (χ3n) is 4.13. The maximum absolute atomic E-state index is 11.0. The first-order chi connectivity index (χ1) is 12.6. The van der Waals surface area contributed by atoms with Gasteiger partial charge in [0.05, 0.1) is 11.6 Å². The number of benzene rings is 2. The highest BCUT2D eigenvalue weighted by atomic mass is 16.3. The number of fused-ring (bicyclic) bond motifs is 1. The molecule has 0 fully saturated rings. The van der Waals surface area contributed by atoms with Crippen LogP contribution in [-0.4, -0.2) is 10.9 Å². The Morgan fingerprint density at radius 3 is 2.65 bits per heavy atom. The average molecular weight is 340 g/mol. The Morgan fingerprint density at radius 1 is 1.31 bits per heavy atom. The van der Waals surface area contributed by atoms with Crippen LogP contribution in [0.3, 0.4) is 0 Å². The van der Waals surface area contributed by atoms with Gasteiger partial charge in [-0.1, -0.05) is 24.8 Å². The molecule has 126 valence electrons. The highest BCUT2D eigenvalue weighted by Gasteiger charge is 2.16. The second-order valence-corrected chi connectivity index (χ2v) is 5.90. The van der Waals surface area contributed by atoms with Crippen LogP contribution in [0.1, 0.15) is 23.6 Å². The van der Waals surface area contributed by atoms with E-state index in [4.69, 9.17) is 4.42 Å². The summed E-state index contributed by atoms with van der Waals surface area (Å²) in [5.41, 5.74) is 4.83. The van der Waals surface area contributed by atoms with Crippen LogP contribution in [0.15, 0.2) is 65.6 Å². The zero-order chi connectivity index (χ0) is 18.7. The molecule has 0 aliphatic heterocycles. The maximum Gasteiger partial charge on any atom is 0.227 e. The molecule has 4 heteroatoms. The quantitative estimate of drug-likeness (QED) is 0.377. The van der Waals surface area contributed by atoms with Crippen molar-refractivity contribution in [2.45, 2.75) is 13.3 Å². The minimum absolute atomic E-state index is 0.355. The molecular weight excluding hydrogens is 324 g/mol. The molecule has 0 saturated carbocycles. The Morgan fingerprint density at radius 2 is 2.04 bits per heavy atom. The second-order valence-electron chi connectivity index (χ2n) is 5.90. The molecular formula is C22H16N2O2. The van der Waals surface area contributed by atoms with Crippen molar-refractivity contribution in [1.29, 1.82) is 5.26 Å². The number of oxazole rings is 1. The lowest BCUT2D eigenvalue weighted by molar-refractivity contribution is 0.568. The summed E-state index contributed by atoms with van der Waals surface area (Å²) in [4.78, 5) is 15.5. The van der Waals surface area contributed by atoms with E-state index in [-0.39, 0.29) is 0 Å². The van der Waals surface area contributed by atoms with Crippen LogP contribution >= 0.6 is 0 Å². The molecule has 0 atom stereocenters. The fourth-order valence-corrected chi connectivity index (χ4v) is 2.66. The summed E-state index contributed by atoms with van der Waals surface area (Å²) >= 11 is 0. The molecule has 0 bridgehead atoms. The van der Waals surface area contributed by atoms with Crippen LogP contribution in [0.25, 0.3) is 28.1 Å². The molecule has 2 aromatic carbocycles. The van der Waals surface area contributed by atoms with E-state index in [1.54, 1.807) is 19.1 Å². The molecule has 26 heavy (non-hydrogen) atoms. The van der Waals surface area contributed by atoms with E-state index in [2.05, 4.69) is 24.2 Å². The number of nitriles is 1. The Labute approximate surface area is 151 Å². The second kappa shape index (κ2) is 7.06. The van der Waals surface area contributed by atoms with Gasteiger partial charge in [0, 0.05) is 16.7 Å². The zero-order valence-electron chi connectivity index (χ0n) is 14.4. The summed E-state index contributed by atoms with van der Waals surface area (Å²) in [5.74, 6) is 2.28. The van der Waals surface area contributed by atoms with Gasteiger partial charge in [0.25, 0.3) is 0 Å². The van der Waals surface area contributed by atoms with Gasteiger partial charge < -0.3 is 4.42 Å². The summed E-state index contributed by atoms with van der Waals surface area (Å²) in [7, 11) is 0. The number of nitrogens with zero attached hydrogens (tertiary/aromatic N) is 2. The molecule has 0 aliphatic rings. The minimum atomic E-state index is 0.355. The van der Waals surface area contributed by atoms with Crippen LogP contribution in [0.2, 0.25) is 0 Å². The first kappa shape index (κ1) is 17.2. The molecule has 1 heterocycles. The van der Waals surface area contributed by atoms with E-state index in [1.165, 1.54) is 0 Å². The Hall–Kier alpha value is -3.67. The smallest absolute Gasteiger partial charge is 0.227 e. The van der Waals surface area contributed by atoms with Gasteiger partial charge >= 0.3 is 0 Å². The van der Waals surface area contributed by atoms with E-state index in [0.29, 0.717) is 39.3 Å². The zero-order valence-corrected chi connectivity index (χ0v) is 14.4. The molecule has 3 rings (SSSR count). The van der Waals surface area contributed by atoms with Crippen molar-refractivity contribution in [1.82, 2.24) is 4.98 Å². The van der Waals surface area contributed by atoms with Gasteiger partial charge in [-0.2, -0.15) is 5.26 Å². The minimum Gasteiger partial charge on any atom is -0.435 e. The number of hydrogen-bond acceptors (Lipinski definition) is 4. The van der Waals surface area contributed by atoms with Crippen molar-refractivity contribution < 1.29 is 9.21 Å².